The third kappa shape index (κ3) is 3.43. The Kier molecular flexibility index (Phi) is 4.97. The molecule has 0 bridgehead atoms. The monoisotopic (exact) mass is 314 g/mol. The highest BCUT2D eigenvalue weighted by molar-refractivity contribution is 7.12. The highest BCUT2D eigenvalue weighted by Crippen LogP contribution is 2.35. The zero-order valence-electron chi connectivity index (χ0n) is 13.9. The molecule has 2 heterocycles. The minimum absolute atomic E-state index is 0.402. The van der Waals surface area contributed by atoms with Crippen LogP contribution in [0, 0.1) is 20.8 Å². The van der Waals surface area contributed by atoms with Crippen LogP contribution in [-0.4, -0.2) is 31.1 Å². The van der Waals surface area contributed by atoms with Crippen LogP contribution < -0.4 is 5.32 Å². The molecular formula is C19H26N2S. The smallest absolute Gasteiger partial charge is 0.0699 e. The van der Waals surface area contributed by atoms with Crippen molar-refractivity contribution < 1.29 is 0 Å². The lowest BCUT2D eigenvalue weighted by Gasteiger charge is -2.31. The van der Waals surface area contributed by atoms with Crippen LogP contribution in [-0.2, 0) is 0 Å². The molecule has 2 aromatic rings. The van der Waals surface area contributed by atoms with Crippen LogP contribution in [0.1, 0.15) is 38.9 Å². The van der Waals surface area contributed by atoms with Crippen LogP contribution in [0.15, 0.2) is 30.3 Å². The van der Waals surface area contributed by atoms with Gasteiger partial charge in [0.25, 0.3) is 0 Å². The number of nitrogens with one attached hydrogen (secondary N) is 1. The molecule has 1 saturated heterocycles. The van der Waals surface area contributed by atoms with Crippen LogP contribution in [0.3, 0.4) is 0 Å². The quantitative estimate of drug-likeness (QED) is 0.919. The van der Waals surface area contributed by atoms with E-state index in [0.29, 0.717) is 6.04 Å². The minimum atomic E-state index is 0.402. The Hall–Kier alpha value is -1.16. The van der Waals surface area contributed by atoms with Crippen molar-refractivity contribution in [3.05, 3.63) is 56.8 Å². The summed E-state index contributed by atoms with van der Waals surface area (Å²) in [5.74, 6) is 0. The van der Waals surface area contributed by atoms with Gasteiger partial charge in [-0.1, -0.05) is 23.8 Å². The van der Waals surface area contributed by atoms with Gasteiger partial charge in [0, 0.05) is 29.4 Å². The summed E-state index contributed by atoms with van der Waals surface area (Å²) >= 11 is 1.94. The molecule has 1 aromatic carbocycles. The molecule has 1 atom stereocenters. The minimum Gasteiger partial charge on any atom is -0.315 e. The Morgan fingerprint density at radius 3 is 2.64 bits per heavy atom. The number of hydrogen-bond donors (Lipinski definition) is 1. The standard InChI is InChI=1S/C19H26N2S/c1-14-5-7-17(15(2)13-14)19(18-8-6-16(3)22-18)21-11-4-9-20-10-12-21/h5-8,13,19-20H,4,9-12H2,1-3H3. The summed E-state index contributed by atoms with van der Waals surface area (Å²) in [7, 11) is 0. The van der Waals surface area contributed by atoms with Crippen LogP contribution in [0.2, 0.25) is 0 Å². The van der Waals surface area contributed by atoms with Gasteiger partial charge in [0.05, 0.1) is 6.04 Å². The summed E-state index contributed by atoms with van der Waals surface area (Å²) in [5.41, 5.74) is 4.22. The van der Waals surface area contributed by atoms with E-state index in [9.17, 15) is 0 Å². The van der Waals surface area contributed by atoms with E-state index in [2.05, 4.69) is 61.3 Å². The number of hydrogen-bond acceptors (Lipinski definition) is 3. The van der Waals surface area contributed by atoms with Crippen LogP contribution in [0.25, 0.3) is 0 Å². The number of thiophene rings is 1. The molecule has 1 fully saturated rings. The molecule has 1 aliphatic rings. The van der Waals surface area contributed by atoms with Gasteiger partial charge in [0.2, 0.25) is 0 Å². The Balaban J connectivity index is 2.01. The van der Waals surface area contributed by atoms with Gasteiger partial charge in [-0.15, -0.1) is 11.3 Å². The average molecular weight is 314 g/mol. The molecule has 22 heavy (non-hydrogen) atoms. The lowest BCUT2D eigenvalue weighted by Crippen LogP contribution is -2.33. The van der Waals surface area contributed by atoms with E-state index < -0.39 is 0 Å². The third-order valence-electron chi connectivity index (χ3n) is 4.49. The molecule has 3 rings (SSSR count). The molecule has 0 amide bonds. The van der Waals surface area contributed by atoms with Crippen molar-refractivity contribution in [3.8, 4) is 0 Å². The first-order valence-corrected chi connectivity index (χ1v) is 9.05. The highest BCUT2D eigenvalue weighted by atomic mass is 32.1. The molecule has 0 radical (unpaired) electrons. The fourth-order valence-electron chi connectivity index (χ4n) is 3.39. The van der Waals surface area contributed by atoms with Gasteiger partial charge >= 0.3 is 0 Å². The summed E-state index contributed by atoms with van der Waals surface area (Å²) in [4.78, 5) is 5.53. The van der Waals surface area contributed by atoms with E-state index in [4.69, 9.17) is 0 Å². The van der Waals surface area contributed by atoms with Crippen molar-refractivity contribution in [2.45, 2.75) is 33.2 Å². The zero-order chi connectivity index (χ0) is 15.5. The molecule has 0 spiro atoms. The summed E-state index contributed by atoms with van der Waals surface area (Å²) < 4.78 is 0. The second-order valence-corrected chi connectivity index (χ2v) is 7.67. The summed E-state index contributed by atoms with van der Waals surface area (Å²) in [5, 5.41) is 3.53. The van der Waals surface area contributed by atoms with E-state index in [0.717, 1.165) is 19.6 Å². The Morgan fingerprint density at radius 2 is 1.91 bits per heavy atom. The predicted molar refractivity (Wildman–Crippen MR) is 95.9 cm³/mol. The van der Waals surface area contributed by atoms with Gasteiger partial charge in [-0.05, 0) is 57.0 Å². The number of rotatable bonds is 3. The highest BCUT2D eigenvalue weighted by Gasteiger charge is 2.25. The normalized spacial score (nSPS) is 18.1. The van der Waals surface area contributed by atoms with Crippen molar-refractivity contribution in [1.29, 1.82) is 0 Å². The lowest BCUT2D eigenvalue weighted by molar-refractivity contribution is 0.243. The number of aryl methyl sites for hydroxylation is 3. The van der Waals surface area contributed by atoms with Crippen molar-refractivity contribution in [2.75, 3.05) is 26.2 Å². The predicted octanol–water partition coefficient (Wildman–Crippen LogP) is 4.06. The Morgan fingerprint density at radius 1 is 1.05 bits per heavy atom. The molecular weight excluding hydrogens is 288 g/mol. The van der Waals surface area contributed by atoms with Crippen molar-refractivity contribution in [3.63, 3.8) is 0 Å². The van der Waals surface area contributed by atoms with Crippen LogP contribution >= 0.6 is 11.3 Å². The number of benzene rings is 1. The Labute approximate surface area is 138 Å². The first-order valence-electron chi connectivity index (χ1n) is 8.23. The maximum absolute atomic E-state index is 3.53. The largest absolute Gasteiger partial charge is 0.315 e. The fourth-order valence-corrected chi connectivity index (χ4v) is 4.42. The van der Waals surface area contributed by atoms with E-state index in [1.54, 1.807) is 0 Å². The molecule has 0 saturated carbocycles. The van der Waals surface area contributed by atoms with E-state index in [1.165, 1.54) is 39.4 Å². The zero-order valence-corrected chi connectivity index (χ0v) is 14.7. The van der Waals surface area contributed by atoms with Crippen molar-refractivity contribution in [2.24, 2.45) is 0 Å². The molecule has 1 aromatic heterocycles. The Bertz CT molecular complexity index is 624. The van der Waals surface area contributed by atoms with Gasteiger partial charge in [0.1, 0.15) is 0 Å². The topological polar surface area (TPSA) is 15.3 Å². The first kappa shape index (κ1) is 15.7. The molecule has 3 heteroatoms. The fraction of sp³-hybridized carbons (Fsp3) is 0.474. The van der Waals surface area contributed by atoms with Crippen molar-refractivity contribution >= 4 is 11.3 Å². The molecule has 2 nitrogen and oxygen atoms in total. The first-order chi connectivity index (χ1) is 10.6. The van der Waals surface area contributed by atoms with Gasteiger partial charge in [-0.2, -0.15) is 0 Å². The van der Waals surface area contributed by atoms with Gasteiger partial charge < -0.3 is 5.32 Å². The molecule has 118 valence electrons. The average Bonchev–Trinajstić information content (AvgIpc) is 2.74. The third-order valence-corrected chi connectivity index (χ3v) is 5.54. The van der Waals surface area contributed by atoms with Crippen LogP contribution in [0.4, 0.5) is 0 Å². The van der Waals surface area contributed by atoms with E-state index in [-0.39, 0.29) is 0 Å². The SMILES string of the molecule is Cc1ccc(C(c2ccc(C)s2)N2CCCNCC2)c(C)c1. The maximum Gasteiger partial charge on any atom is 0.0699 e. The lowest BCUT2D eigenvalue weighted by atomic mass is 9.96. The van der Waals surface area contributed by atoms with Crippen LogP contribution in [0.5, 0.6) is 0 Å². The van der Waals surface area contributed by atoms with Gasteiger partial charge in [-0.3, -0.25) is 4.90 Å². The van der Waals surface area contributed by atoms with E-state index >= 15 is 0 Å². The molecule has 0 aliphatic carbocycles. The molecule has 1 aliphatic heterocycles. The molecule has 1 unspecified atom stereocenters. The summed E-state index contributed by atoms with van der Waals surface area (Å²) in [6.45, 7) is 11.2. The van der Waals surface area contributed by atoms with Gasteiger partial charge in [-0.25, -0.2) is 0 Å². The van der Waals surface area contributed by atoms with Crippen molar-refractivity contribution in [1.82, 2.24) is 10.2 Å². The summed E-state index contributed by atoms with van der Waals surface area (Å²) in [6, 6.07) is 11.9. The second kappa shape index (κ2) is 6.95. The second-order valence-electron chi connectivity index (χ2n) is 6.35. The van der Waals surface area contributed by atoms with Gasteiger partial charge in [0.15, 0.2) is 0 Å². The summed E-state index contributed by atoms with van der Waals surface area (Å²) in [6.07, 6.45) is 1.23. The molecule has 1 N–H and O–H groups in total. The number of nitrogens with zero attached hydrogens (tertiary/aromatic N) is 1. The maximum atomic E-state index is 3.53. The van der Waals surface area contributed by atoms with E-state index in [1.807, 2.05) is 11.3 Å².